The Labute approximate surface area is 130 Å². The van der Waals surface area contributed by atoms with Crippen molar-refractivity contribution in [2.24, 2.45) is 5.73 Å². The first-order chi connectivity index (χ1) is 9.70. The third-order valence-corrected chi connectivity index (χ3v) is 5.25. The molecule has 110 valence electrons. The second kappa shape index (κ2) is 6.20. The molecule has 1 unspecified atom stereocenters. The second-order valence-electron chi connectivity index (χ2n) is 5.70. The summed E-state index contributed by atoms with van der Waals surface area (Å²) in [6, 6.07) is 6.84. The molecular weight excluding hydrogens is 293 g/mol. The molecule has 5 heteroatoms. The zero-order chi connectivity index (χ0) is 14.1. The highest BCUT2D eigenvalue weighted by atomic mass is 35.5. The fourth-order valence-corrected chi connectivity index (χ4v) is 3.54. The SMILES string of the molecule is NCC(c1cccc(Cl)c1Cl)N1CCN(C2CC2)CC1. The number of halogens is 2. The maximum Gasteiger partial charge on any atom is 0.0640 e. The van der Waals surface area contributed by atoms with Crippen molar-refractivity contribution in [3.63, 3.8) is 0 Å². The van der Waals surface area contributed by atoms with Crippen LogP contribution in [0.5, 0.6) is 0 Å². The van der Waals surface area contributed by atoms with Gasteiger partial charge in [0.1, 0.15) is 0 Å². The van der Waals surface area contributed by atoms with E-state index >= 15 is 0 Å². The summed E-state index contributed by atoms with van der Waals surface area (Å²) in [6.45, 7) is 4.96. The molecule has 0 aromatic heterocycles. The molecule has 2 N–H and O–H groups in total. The third kappa shape index (κ3) is 2.97. The van der Waals surface area contributed by atoms with Gasteiger partial charge in [0.2, 0.25) is 0 Å². The first-order valence-electron chi connectivity index (χ1n) is 7.32. The van der Waals surface area contributed by atoms with E-state index in [1.54, 1.807) is 0 Å². The topological polar surface area (TPSA) is 32.5 Å². The van der Waals surface area contributed by atoms with Gasteiger partial charge in [0.05, 0.1) is 10.0 Å². The van der Waals surface area contributed by atoms with E-state index in [4.69, 9.17) is 28.9 Å². The van der Waals surface area contributed by atoms with Crippen LogP contribution in [0.1, 0.15) is 24.4 Å². The zero-order valence-electron chi connectivity index (χ0n) is 11.6. The third-order valence-electron chi connectivity index (χ3n) is 4.42. The number of hydrogen-bond acceptors (Lipinski definition) is 3. The van der Waals surface area contributed by atoms with E-state index in [1.165, 1.54) is 12.8 Å². The van der Waals surface area contributed by atoms with Gasteiger partial charge in [-0.1, -0.05) is 35.3 Å². The van der Waals surface area contributed by atoms with Crippen LogP contribution < -0.4 is 5.73 Å². The summed E-state index contributed by atoms with van der Waals surface area (Å²) >= 11 is 12.5. The van der Waals surface area contributed by atoms with Crippen LogP contribution in [0, 0.1) is 0 Å². The number of hydrogen-bond donors (Lipinski definition) is 1. The summed E-state index contributed by atoms with van der Waals surface area (Å²) in [5, 5.41) is 1.26. The van der Waals surface area contributed by atoms with E-state index < -0.39 is 0 Å². The first-order valence-corrected chi connectivity index (χ1v) is 8.08. The monoisotopic (exact) mass is 313 g/mol. The Balaban J connectivity index is 1.71. The molecule has 1 heterocycles. The van der Waals surface area contributed by atoms with Gasteiger partial charge in [-0.15, -0.1) is 0 Å². The van der Waals surface area contributed by atoms with Crippen molar-refractivity contribution in [1.29, 1.82) is 0 Å². The number of piperazine rings is 1. The van der Waals surface area contributed by atoms with Gasteiger partial charge in [0, 0.05) is 44.8 Å². The highest BCUT2D eigenvalue weighted by molar-refractivity contribution is 6.42. The molecule has 1 aromatic rings. The highest BCUT2D eigenvalue weighted by Crippen LogP contribution is 2.34. The lowest BCUT2D eigenvalue weighted by molar-refractivity contribution is 0.0938. The second-order valence-corrected chi connectivity index (χ2v) is 6.48. The summed E-state index contributed by atoms with van der Waals surface area (Å²) in [5.74, 6) is 0. The van der Waals surface area contributed by atoms with Crippen LogP contribution in [0.25, 0.3) is 0 Å². The molecule has 2 aliphatic rings. The highest BCUT2D eigenvalue weighted by Gasteiger charge is 2.33. The molecule has 1 saturated heterocycles. The lowest BCUT2D eigenvalue weighted by Gasteiger charge is -2.39. The standard InChI is InChI=1S/C15H21Cl2N3/c16-13-3-1-2-12(15(13)17)14(10-18)20-8-6-19(7-9-20)11-4-5-11/h1-3,11,14H,4-10,18H2. The molecule has 0 radical (unpaired) electrons. The fraction of sp³-hybridized carbons (Fsp3) is 0.600. The van der Waals surface area contributed by atoms with Crippen LogP contribution >= 0.6 is 23.2 Å². The minimum atomic E-state index is 0.169. The number of rotatable bonds is 4. The maximum atomic E-state index is 6.35. The van der Waals surface area contributed by atoms with E-state index in [0.29, 0.717) is 16.6 Å². The normalized spacial score (nSPS) is 22.9. The van der Waals surface area contributed by atoms with Gasteiger partial charge in [-0.25, -0.2) is 0 Å². The molecule has 20 heavy (non-hydrogen) atoms. The van der Waals surface area contributed by atoms with E-state index in [2.05, 4.69) is 9.80 Å². The summed E-state index contributed by atoms with van der Waals surface area (Å²) in [4.78, 5) is 5.04. The van der Waals surface area contributed by atoms with Crippen molar-refractivity contribution in [2.45, 2.75) is 24.9 Å². The fourth-order valence-electron chi connectivity index (χ4n) is 3.10. The van der Waals surface area contributed by atoms with Gasteiger partial charge < -0.3 is 5.73 Å². The van der Waals surface area contributed by atoms with Gasteiger partial charge >= 0.3 is 0 Å². The van der Waals surface area contributed by atoms with Gasteiger partial charge in [-0.2, -0.15) is 0 Å². The Morgan fingerprint density at radius 3 is 2.45 bits per heavy atom. The smallest absolute Gasteiger partial charge is 0.0640 e. The Morgan fingerprint density at radius 2 is 1.85 bits per heavy atom. The van der Waals surface area contributed by atoms with Crippen molar-refractivity contribution < 1.29 is 0 Å². The van der Waals surface area contributed by atoms with E-state index in [-0.39, 0.29) is 6.04 Å². The number of benzene rings is 1. The first kappa shape index (κ1) is 14.6. The summed E-state index contributed by atoms with van der Waals surface area (Å²) < 4.78 is 0. The van der Waals surface area contributed by atoms with Crippen LogP contribution in [0.4, 0.5) is 0 Å². The van der Waals surface area contributed by atoms with Crippen LogP contribution in [0.15, 0.2) is 18.2 Å². The van der Waals surface area contributed by atoms with Gasteiger partial charge in [-0.05, 0) is 24.5 Å². The Kier molecular flexibility index (Phi) is 4.53. The van der Waals surface area contributed by atoms with E-state index in [0.717, 1.165) is 37.8 Å². The molecule has 3 rings (SSSR count). The van der Waals surface area contributed by atoms with E-state index in [1.807, 2.05) is 18.2 Å². The van der Waals surface area contributed by atoms with Crippen LogP contribution in [0.3, 0.4) is 0 Å². The number of nitrogens with two attached hydrogens (primary N) is 1. The summed E-state index contributed by atoms with van der Waals surface area (Å²) in [6.07, 6.45) is 2.75. The number of nitrogens with zero attached hydrogens (tertiary/aromatic N) is 2. The minimum absolute atomic E-state index is 0.169. The zero-order valence-corrected chi connectivity index (χ0v) is 13.1. The van der Waals surface area contributed by atoms with Crippen molar-refractivity contribution in [1.82, 2.24) is 9.80 Å². The van der Waals surface area contributed by atoms with Gasteiger partial charge in [0.25, 0.3) is 0 Å². The lowest BCUT2D eigenvalue weighted by atomic mass is 10.0. The molecule has 1 atom stereocenters. The van der Waals surface area contributed by atoms with Gasteiger partial charge in [-0.3, -0.25) is 9.80 Å². The van der Waals surface area contributed by atoms with Crippen LogP contribution in [-0.2, 0) is 0 Å². The molecule has 3 nitrogen and oxygen atoms in total. The molecule has 0 spiro atoms. The summed E-state index contributed by atoms with van der Waals surface area (Å²) in [7, 11) is 0. The van der Waals surface area contributed by atoms with Crippen molar-refractivity contribution in [3.8, 4) is 0 Å². The quantitative estimate of drug-likeness (QED) is 0.927. The molecule has 1 aromatic carbocycles. The lowest BCUT2D eigenvalue weighted by Crippen LogP contribution is -2.49. The van der Waals surface area contributed by atoms with Crippen molar-refractivity contribution in [3.05, 3.63) is 33.8 Å². The van der Waals surface area contributed by atoms with Crippen LogP contribution in [0.2, 0.25) is 10.0 Å². The minimum Gasteiger partial charge on any atom is -0.329 e. The maximum absolute atomic E-state index is 6.35. The van der Waals surface area contributed by atoms with Crippen LogP contribution in [-0.4, -0.2) is 48.6 Å². The van der Waals surface area contributed by atoms with Gasteiger partial charge in [0.15, 0.2) is 0 Å². The molecule has 1 aliphatic carbocycles. The predicted octanol–water partition coefficient (Wildman–Crippen LogP) is 2.77. The average molecular weight is 314 g/mol. The predicted molar refractivity (Wildman–Crippen MR) is 84.4 cm³/mol. The van der Waals surface area contributed by atoms with Crippen molar-refractivity contribution in [2.75, 3.05) is 32.7 Å². The van der Waals surface area contributed by atoms with Crippen molar-refractivity contribution >= 4 is 23.2 Å². The average Bonchev–Trinajstić information content (AvgIpc) is 3.30. The Hall–Kier alpha value is -0.320. The summed E-state index contributed by atoms with van der Waals surface area (Å²) in [5.41, 5.74) is 7.06. The Morgan fingerprint density at radius 1 is 1.15 bits per heavy atom. The molecule has 0 amide bonds. The van der Waals surface area contributed by atoms with E-state index in [9.17, 15) is 0 Å². The molecule has 0 bridgehead atoms. The largest absolute Gasteiger partial charge is 0.329 e. The molecule has 2 fully saturated rings. The Bertz CT molecular complexity index is 468. The molecule has 1 aliphatic heterocycles. The molecular formula is C15H21Cl2N3. The molecule has 1 saturated carbocycles.